The zero-order valence-electron chi connectivity index (χ0n) is 16.4. The maximum Gasteiger partial charge on any atom is 0.325 e. The highest BCUT2D eigenvalue weighted by molar-refractivity contribution is 7.16. The third kappa shape index (κ3) is 4.24. The van der Waals surface area contributed by atoms with Gasteiger partial charge in [-0.3, -0.25) is 9.59 Å². The van der Waals surface area contributed by atoms with Crippen LogP contribution in [0.1, 0.15) is 10.4 Å². The molecule has 0 aliphatic carbocycles. The highest BCUT2D eigenvalue weighted by Gasteiger charge is 2.16. The molecule has 0 aliphatic rings. The smallest absolute Gasteiger partial charge is 0.325 e. The molecule has 0 aliphatic heterocycles. The Labute approximate surface area is 170 Å². The number of carbonyl (C=O) groups excluding carboxylic acids is 2. The first-order valence-electron chi connectivity index (χ1n) is 8.56. The van der Waals surface area contributed by atoms with Gasteiger partial charge in [0.1, 0.15) is 23.8 Å². The van der Waals surface area contributed by atoms with E-state index >= 15 is 0 Å². The summed E-state index contributed by atoms with van der Waals surface area (Å²) in [4.78, 5) is 29.4. The summed E-state index contributed by atoms with van der Waals surface area (Å²) in [6.07, 6.45) is 0. The van der Waals surface area contributed by atoms with E-state index in [1.807, 2.05) is 12.1 Å². The normalized spacial score (nSPS) is 11.4. The quantitative estimate of drug-likeness (QED) is 0.574. The molecule has 0 N–H and O–H groups in total. The molecular weight excluding hydrogens is 396 g/mol. The van der Waals surface area contributed by atoms with Gasteiger partial charge in [-0.05, 0) is 30.3 Å². The minimum atomic E-state index is -0.498. The number of nitrogens with zero attached hydrogens (tertiary/aromatic N) is 2. The van der Waals surface area contributed by atoms with E-state index < -0.39 is 11.9 Å². The Hall–Kier alpha value is -3.33. The standard InChI is InChI=1S/C20H20N2O6S/c1-25-12-5-7-14(16(9-12)27-3)19(24)21-20-22(11-18(23)28-4)15-8-6-13(26-2)10-17(15)29-20/h5-10H,11H2,1-4H3. The summed E-state index contributed by atoms with van der Waals surface area (Å²) >= 11 is 1.27. The van der Waals surface area contributed by atoms with Crippen LogP contribution in [0.25, 0.3) is 10.2 Å². The van der Waals surface area contributed by atoms with Gasteiger partial charge in [0.25, 0.3) is 5.91 Å². The van der Waals surface area contributed by atoms with Crippen molar-refractivity contribution in [3.63, 3.8) is 0 Å². The van der Waals surface area contributed by atoms with Gasteiger partial charge in [-0.25, -0.2) is 0 Å². The Kier molecular flexibility index (Phi) is 6.18. The van der Waals surface area contributed by atoms with E-state index in [4.69, 9.17) is 18.9 Å². The van der Waals surface area contributed by atoms with E-state index in [0.717, 1.165) is 10.2 Å². The van der Waals surface area contributed by atoms with Crippen LogP contribution in [-0.2, 0) is 16.1 Å². The first-order chi connectivity index (χ1) is 14.0. The van der Waals surface area contributed by atoms with Crippen LogP contribution >= 0.6 is 11.3 Å². The van der Waals surface area contributed by atoms with E-state index in [-0.39, 0.29) is 12.1 Å². The Morgan fingerprint density at radius 1 is 0.966 bits per heavy atom. The highest BCUT2D eigenvalue weighted by Crippen LogP contribution is 2.26. The van der Waals surface area contributed by atoms with Crippen LogP contribution in [0.2, 0.25) is 0 Å². The number of methoxy groups -OCH3 is 4. The van der Waals surface area contributed by atoms with Gasteiger partial charge in [-0.2, -0.15) is 4.99 Å². The van der Waals surface area contributed by atoms with Gasteiger partial charge in [0.2, 0.25) is 0 Å². The molecule has 0 saturated carbocycles. The third-order valence-electron chi connectivity index (χ3n) is 4.24. The highest BCUT2D eigenvalue weighted by atomic mass is 32.1. The Balaban J connectivity index is 2.14. The lowest BCUT2D eigenvalue weighted by atomic mass is 10.2. The molecule has 1 aromatic heterocycles. The van der Waals surface area contributed by atoms with Crippen molar-refractivity contribution < 1.29 is 28.5 Å². The molecule has 0 unspecified atom stereocenters. The number of hydrogen-bond acceptors (Lipinski definition) is 7. The van der Waals surface area contributed by atoms with E-state index in [1.165, 1.54) is 32.7 Å². The maximum absolute atomic E-state index is 12.9. The Morgan fingerprint density at radius 2 is 1.66 bits per heavy atom. The van der Waals surface area contributed by atoms with Gasteiger partial charge in [0, 0.05) is 6.07 Å². The molecule has 0 radical (unpaired) electrons. The summed E-state index contributed by atoms with van der Waals surface area (Å²) in [6.45, 7) is -0.0747. The van der Waals surface area contributed by atoms with Crippen molar-refractivity contribution in [2.45, 2.75) is 6.54 Å². The van der Waals surface area contributed by atoms with Crippen LogP contribution in [0.5, 0.6) is 17.2 Å². The van der Waals surface area contributed by atoms with Crippen molar-refractivity contribution >= 4 is 33.4 Å². The molecule has 1 amide bonds. The average molecular weight is 416 g/mol. The Bertz CT molecular complexity index is 1130. The minimum absolute atomic E-state index is 0.0747. The molecule has 0 bridgehead atoms. The maximum atomic E-state index is 12.9. The molecule has 0 atom stereocenters. The molecular formula is C20H20N2O6S. The van der Waals surface area contributed by atoms with Crippen LogP contribution in [0, 0.1) is 0 Å². The summed E-state index contributed by atoms with van der Waals surface area (Å²) in [5.74, 6) is 0.630. The second kappa shape index (κ2) is 8.78. The first kappa shape index (κ1) is 20.4. The van der Waals surface area contributed by atoms with Gasteiger partial charge in [-0.15, -0.1) is 0 Å². The van der Waals surface area contributed by atoms with Gasteiger partial charge in [0.15, 0.2) is 4.80 Å². The van der Waals surface area contributed by atoms with Crippen molar-refractivity contribution in [2.75, 3.05) is 28.4 Å². The fourth-order valence-corrected chi connectivity index (χ4v) is 3.79. The Morgan fingerprint density at radius 3 is 2.31 bits per heavy atom. The van der Waals surface area contributed by atoms with E-state index in [1.54, 1.807) is 35.9 Å². The molecule has 1 heterocycles. The average Bonchev–Trinajstić information content (AvgIpc) is 3.08. The van der Waals surface area contributed by atoms with Crippen LogP contribution in [0.15, 0.2) is 41.4 Å². The summed E-state index contributed by atoms with van der Waals surface area (Å²) in [7, 11) is 5.88. The predicted molar refractivity (Wildman–Crippen MR) is 108 cm³/mol. The molecule has 0 fully saturated rings. The number of rotatable bonds is 6. The number of benzene rings is 2. The van der Waals surface area contributed by atoms with Crippen molar-refractivity contribution in [2.24, 2.45) is 4.99 Å². The molecule has 3 rings (SSSR count). The van der Waals surface area contributed by atoms with Gasteiger partial charge >= 0.3 is 5.97 Å². The summed E-state index contributed by atoms with van der Waals surface area (Å²) in [5.41, 5.74) is 1.03. The molecule has 2 aromatic carbocycles. The molecule has 0 spiro atoms. The number of aromatic nitrogens is 1. The SMILES string of the molecule is COC(=O)Cn1c(=NC(=O)c2ccc(OC)cc2OC)sc2cc(OC)ccc21. The third-order valence-corrected chi connectivity index (χ3v) is 5.28. The number of fused-ring (bicyclic) bond motifs is 1. The number of esters is 1. The second-order valence-corrected chi connectivity index (χ2v) is 6.87. The van der Waals surface area contributed by atoms with Crippen LogP contribution in [-0.4, -0.2) is 44.9 Å². The molecule has 29 heavy (non-hydrogen) atoms. The van der Waals surface area contributed by atoms with Crippen molar-refractivity contribution in [3.05, 3.63) is 46.8 Å². The lowest BCUT2D eigenvalue weighted by molar-refractivity contribution is -0.141. The second-order valence-electron chi connectivity index (χ2n) is 5.86. The number of amides is 1. The molecule has 152 valence electrons. The minimum Gasteiger partial charge on any atom is -0.497 e. The zero-order chi connectivity index (χ0) is 21.0. The largest absolute Gasteiger partial charge is 0.497 e. The monoisotopic (exact) mass is 416 g/mol. The van der Waals surface area contributed by atoms with Crippen LogP contribution < -0.4 is 19.0 Å². The summed E-state index contributed by atoms with van der Waals surface area (Å²) in [5, 5.41) is 0. The number of thiazole rings is 1. The van der Waals surface area contributed by atoms with Crippen molar-refractivity contribution in [3.8, 4) is 17.2 Å². The van der Waals surface area contributed by atoms with Gasteiger partial charge < -0.3 is 23.5 Å². The molecule has 0 saturated heterocycles. The zero-order valence-corrected chi connectivity index (χ0v) is 17.2. The molecule has 3 aromatic rings. The van der Waals surface area contributed by atoms with Crippen LogP contribution in [0.3, 0.4) is 0 Å². The van der Waals surface area contributed by atoms with Gasteiger partial charge in [0.05, 0.1) is 44.2 Å². The number of hydrogen-bond donors (Lipinski definition) is 0. The predicted octanol–water partition coefficient (Wildman–Crippen LogP) is 2.64. The van der Waals surface area contributed by atoms with E-state index in [0.29, 0.717) is 22.0 Å². The van der Waals surface area contributed by atoms with Crippen LogP contribution in [0.4, 0.5) is 0 Å². The summed E-state index contributed by atoms with van der Waals surface area (Å²) < 4.78 is 23.0. The number of ether oxygens (including phenoxy) is 4. The van der Waals surface area contributed by atoms with Crippen molar-refractivity contribution in [1.82, 2.24) is 4.57 Å². The first-order valence-corrected chi connectivity index (χ1v) is 9.37. The number of carbonyl (C=O) groups is 2. The van der Waals surface area contributed by atoms with Crippen molar-refractivity contribution in [1.29, 1.82) is 0 Å². The topological polar surface area (TPSA) is 88.4 Å². The molecule has 9 heteroatoms. The lowest BCUT2D eigenvalue weighted by Crippen LogP contribution is -2.22. The fourth-order valence-electron chi connectivity index (χ4n) is 2.73. The summed E-state index contributed by atoms with van der Waals surface area (Å²) in [6, 6.07) is 10.3. The molecule has 8 nitrogen and oxygen atoms in total. The van der Waals surface area contributed by atoms with Gasteiger partial charge in [-0.1, -0.05) is 11.3 Å². The lowest BCUT2D eigenvalue weighted by Gasteiger charge is -2.07. The van der Waals surface area contributed by atoms with E-state index in [2.05, 4.69) is 4.99 Å². The fraction of sp³-hybridized carbons (Fsp3) is 0.250. The van der Waals surface area contributed by atoms with E-state index in [9.17, 15) is 9.59 Å².